The maximum atomic E-state index is 14.4. The van der Waals surface area contributed by atoms with Gasteiger partial charge in [-0.15, -0.1) is 0 Å². The molecule has 2 saturated heterocycles. The lowest BCUT2D eigenvalue weighted by atomic mass is 9.91. The first kappa shape index (κ1) is 17.8. The van der Waals surface area contributed by atoms with Gasteiger partial charge in [-0.1, -0.05) is 23.7 Å². The van der Waals surface area contributed by atoms with Crippen LogP contribution in [0.2, 0.25) is 5.02 Å². The lowest BCUT2D eigenvalue weighted by Gasteiger charge is -2.25. The van der Waals surface area contributed by atoms with Crippen LogP contribution in [0.15, 0.2) is 36.4 Å². The van der Waals surface area contributed by atoms with Crippen LogP contribution in [0.1, 0.15) is 12.8 Å². The molecule has 0 spiro atoms. The molecular formula is C19H20ClFO5. The molecule has 0 aromatic heterocycles. The van der Waals surface area contributed by atoms with Crippen LogP contribution < -0.4 is 4.74 Å². The summed E-state index contributed by atoms with van der Waals surface area (Å²) in [5.41, 5.74) is 0. The van der Waals surface area contributed by atoms with E-state index in [1.807, 2.05) is 0 Å². The van der Waals surface area contributed by atoms with Crippen LogP contribution in [0, 0.1) is 11.8 Å². The highest BCUT2D eigenvalue weighted by atomic mass is 35.5. The number of ether oxygens (including phenoxy) is 4. The van der Waals surface area contributed by atoms with Gasteiger partial charge >= 0.3 is 5.97 Å². The molecule has 3 fully saturated rings. The molecule has 1 aromatic rings. The molecule has 1 aliphatic carbocycles. The molecular weight excluding hydrogens is 363 g/mol. The van der Waals surface area contributed by atoms with Crippen LogP contribution in [-0.4, -0.2) is 43.9 Å². The molecule has 26 heavy (non-hydrogen) atoms. The molecule has 2 aliphatic heterocycles. The monoisotopic (exact) mass is 382 g/mol. The minimum atomic E-state index is -1.07. The number of hydrogen-bond donors (Lipinski definition) is 0. The third-order valence-corrected chi connectivity index (χ3v) is 5.35. The molecule has 0 unspecified atom stereocenters. The second-order valence-corrected chi connectivity index (χ2v) is 7.28. The summed E-state index contributed by atoms with van der Waals surface area (Å²) in [6, 6.07) is 7.04. The maximum absolute atomic E-state index is 14.4. The van der Waals surface area contributed by atoms with Crippen LogP contribution in [0.4, 0.5) is 4.39 Å². The van der Waals surface area contributed by atoms with Crippen molar-refractivity contribution in [1.29, 1.82) is 0 Å². The minimum Gasteiger partial charge on any atom is -0.488 e. The number of carbonyl (C=O) groups is 1. The summed E-state index contributed by atoms with van der Waals surface area (Å²) in [5.74, 6) is -1.23. The van der Waals surface area contributed by atoms with Gasteiger partial charge < -0.3 is 18.9 Å². The van der Waals surface area contributed by atoms with Gasteiger partial charge in [0.2, 0.25) is 5.79 Å². The average Bonchev–Trinajstić information content (AvgIpc) is 3.27. The Balaban J connectivity index is 1.46. The molecule has 0 radical (unpaired) electrons. The van der Waals surface area contributed by atoms with Gasteiger partial charge in [-0.05, 0) is 24.3 Å². The molecule has 4 atom stereocenters. The Hall–Kier alpha value is -1.63. The van der Waals surface area contributed by atoms with Crippen molar-refractivity contribution in [3.8, 4) is 5.75 Å². The van der Waals surface area contributed by atoms with Crippen molar-refractivity contribution in [2.75, 3.05) is 19.8 Å². The van der Waals surface area contributed by atoms with Gasteiger partial charge in [0.05, 0.1) is 19.6 Å². The summed E-state index contributed by atoms with van der Waals surface area (Å²) < 4.78 is 36.8. The van der Waals surface area contributed by atoms with Crippen LogP contribution in [0.25, 0.3) is 0 Å². The molecule has 140 valence electrons. The first-order chi connectivity index (χ1) is 12.5. The van der Waals surface area contributed by atoms with E-state index in [4.69, 9.17) is 30.5 Å². The third-order valence-electron chi connectivity index (χ3n) is 5.12. The second-order valence-electron chi connectivity index (χ2n) is 6.84. The molecule has 4 rings (SSSR count). The van der Waals surface area contributed by atoms with E-state index in [0.717, 1.165) is 0 Å². The zero-order valence-corrected chi connectivity index (χ0v) is 14.9. The molecule has 0 amide bonds. The first-order valence-electron chi connectivity index (χ1n) is 8.74. The molecule has 2 heterocycles. The van der Waals surface area contributed by atoms with E-state index in [9.17, 15) is 9.18 Å². The highest BCUT2D eigenvalue weighted by Crippen LogP contribution is 2.44. The Morgan fingerprint density at radius 3 is 2.92 bits per heavy atom. The smallest absolute Gasteiger partial charge is 0.306 e. The Morgan fingerprint density at radius 2 is 2.15 bits per heavy atom. The SMILES string of the molecule is O=C1C[C@@H]2[C@@H](/C=C/C3(COc4cccc(Cl)c4)OCCO3)[C@@H](F)C[C@@H]2O1. The van der Waals surface area contributed by atoms with Crippen molar-refractivity contribution >= 4 is 17.6 Å². The second kappa shape index (κ2) is 7.18. The topological polar surface area (TPSA) is 54.0 Å². The lowest BCUT2D eigenvalue weighted by molar-refractivity contribution is -0.141. The first-order valence-corrected chi connectivity index (χ1v) is 9.12. The van der Waals surface area contributed by atoms with E-state index >= 15 is 0 Å². The number of allylic oxidation sites excluding steroid dienone is 1. The average molecular weight is 383 g/mol. The fourth-order valence-electron chi connectivity index (χ4n) is 3.84. The number of benzene rings is 1. The predicted octanol–water partition coefficient (Wildman–Crippen LogP) is 3.31. The Bertz CT molecular complexity index is 703. The van der Waals surface area contributed by atoms with Crippen molar-refractivity contribution in [3.63, 3.8) is 0 Å². The van der Waals surface area contributed by atoms with E-state index in [0.29, 0.717) is 24.0 Å². The van der Waals surface area contributed by atoms with Crippen molar-refractivity contribution in [2.24, 2.45) is 11.8 Å². The quantitative estimate of drug-likeness (QED) is 0.577. The van der Waals surface area contributed by atoms with Gasteiger partial charge in [-0.25, -0.2) is 4.39 Å². The van der Waals surface area contributed by atoms with E-state index in [1.54, 1.807) is 36.4 Å². The number of halogens is 2. The number of esters is 1. The third kappa shape index (κ3) is 3.59. The number of fused-ring (bicyclic) bond motifs is 1. The fourth-order valence-corrected chi connectivity index (χ4v) is 4.02. The number of carbonyl (C=O) groups excluding carboxylic acids is 1. The standard InChI is InChI=1S/C19H20ClFO5/c20-12-2-1-3-13(8-12)23-11-19(24-6-7-25-19)5-4-14-15-9-18(22)26-17(15)10-16(14)21/h1-5,8,14-17H,6-7,9-11H2/b5-4+/t14-,15-,16+,17+/m1/s1. The summed E-state index contributed by atoms with van der Waals surface area (Å²) in [7, 11) is 0. The predicted molar refractivity (Wildman–Crippen MR) is 91.7 cm³/mol. The Labute approximate surface area is 156 Å². The number of alkyl halides is 1. The zero-order chi connectivity index (χ0) is 18.1. The number of hydrogen-bond acceptors (Lipinski definition) is 5. The molecule has 7 heteroatoms. The summed E-state index contributed by atoms with van der Waals surface area (Å²) in [4.78, 5) is 11.5. The molecule has 1 aromatic carbocycles. The van der Waals surface area contributed by atoms with Crippen molar-refractivity contribution in [1.82, 2.24) is 0 Å². The van der Waals surface area contributed by atoms with Crippen molar-refractivity contribution in [2.45, 2.75) is 30.9 Å². The van der Waals surface area contributed by atoms with Gasteiger partial charge in [-0.2, -0.15) is 0 Å². The summed E-state index contributed by atoms with van der Waals surface area (Å²) >= 11 is 5.96. The summed E-state index contributed by atoms with van der Waals surface area (Å²) in [5, 5.41) is 0.573. The Morgan fingerprint density at radius 1 is 1.35 bits per heavy atom. The van der Waals surface area contributed by atoms with Crippen LogP contribution in [-0.2, 0) is 19.0 Å². The van der Waals surface area contributed by atoms with Crippen molar-refractivity contribution < 1.29 is 28.1 Å². The van der Waals surface area contributed by atoms with Gasteiger partial charge in [0.1, 0.15) is 24.6 Å². The summed E-state index contributed by atoms with van der Waals surface area (Å²) in [6.07, 6.45) is 2.61. The zero-order valence-electron chi connectivity index (χ0n) is 14.1. The highest BCUT2D eigenvalue weighted by Gasteiger charge is 2.50. The van der Waals surface area contributed by atoms with E-state index < -0.39 is 12.0 Å². The lowest BCUT2D eigenvalue weighted by Crippen LogP contribution is -2.35. The molecule has 3 aliphatic rings. The normalized spacial score (nSPS) is 32.8. The minimum absolute atomic E-state index is 0.122. The largest absolute Gasteiger partial charge is 0.488 e. The van der Waals surface area contributed by atoms with E-state index in [-0.39, 0.29) is 43.4 Å². The molecule has 1 saturated carbocycles. The van der Waals surface area contributed by atoms with Crippen molar-refractivity contribution in [3.05, 3.63) is 41.4 Å². The fraction of sp³-hybridized carbons (Fsp3) is 0.526. The van der Waals surface area contributed by atoms with E-state index in [1.165, 1.54) is 0 Å². The van der Waals surface area contributed by atoms with Gasteiger partial charge in [0.15, 0.2) is 0 Å². The van der Waals surface area contributed by atoms with E-state index in [2.05, 4.69) is 0 Å². The maximum Gasteiger partial charge on any atom is 0.306 e. The van der Waals surface area contributed by atoms with Gasteiger partial charge in [0, 0.05) is 23.3 Å². The van der Waals surface area contributed by atoms with Crippen LogP contribution >= 0.6 is 11.6 Å². The summed E-state index contributed by atoms with van der Waals surface area (Å²) in [6.45, 7) is 0.984. The van der Waals surface area contributed by atoms with Gasteiger partial charge in [0.25, 0.3) is 0 Å². The number of rotatable bonds is 5. The molecule has 0 N–H and O–H groups in total. The van der Waals surface area contributed by atoms with Crippen LogP contribution in [0.5, 0.6) is 5.75 Å². The molecule has 5 nitrogen and oxygen atoms in total. The molecule has 0 bridgehead atoms. The highest BCUT2D eigenvalue weighted by molar-refractivity contribution is 6.30. The van der Waals surface area contributed by atoms with Crippen LogP contribution in [0.3, 0.4) is 0 Å². The van der Waals surface area contributed by atoms with Gasteiger partial charge in [-0.3, -0.25) is 4.79 Å². The Kier molecular flexibility index (Phi) is 4.90.